The van der Waals surface area contributed by atoms with Crippen molar-refractivity contribution in [2.24, 2.45) is 11.7 Å². The van der Waals surface area contributed by atoms with Gasteiger partial charge in [0.15, 0.2) is 0 Å². The van der Waals surface area contributed by atoms with Crippen molar-refractivity contribution >= 4 is 84.9 Å². The second kappa shape index (κ2) is 24.3. The summed E-state index contributed by atoms with van der Waals surface area (Å²) in [6.45, 7) is 9.96. The Kier molecular flexibility index (Phi) is 17.8. The number of ether oxygens (including phenoxy) is 3. The topological polar surface area (TPSA) is 242 Å². The number of nitrogens with one attached hydrogen (secondary N) is 6. The van der Waals surface area contributed by atoms with Crippen molar-refractivity contribution in [2.45, 2.75) is 58.2 Å². The highest BCUT2D eigenvalue weighted by Crippen LogP contribution is 2.46. The Hall–Kier alpha value is -6.90. The molecule has 4 aromatic carbocycles. The normalized spacial score (nSPS) is 15.5. The second-order valence-electron chi connectivity index (χ2n) is 18.0. The van der Waals surface area contributed by atoms with E-state index in [0.717, 1.165) is 40.3 Å². The lowest BCUT2D eigenvalue weighted by Crippen LogP contribution is -2.53. The Labute approximate surface area is 421 Å². The fraction of sp³-hybridized carbons (Fsp3) is 0.412. The number of urea groups is 1. The minimum Gasteiger partial charge on any atom is -0.492 e. The van der Waals surface area contributed by atoms with Gasteiger partial charge in [0.25, 0.3) is 5.91 Å². The van der Waals surface area contributed by atoms with E-state index in [9.17, 15) is 28.8 Å². The number of primary amides is 1. The van der Waals surface area contributed by atoms with E-state index in [-0.39, 0.29) is 56.4 Å². The van der Waals surface area contributed by atoms with Gasteiger partial charge in [-0.15, -0.1) is 0 Å². The van der Waals surface area contributed by atoms with E-state index in [0.29, 0.717) is 72.1 Å². The van der Waals surface area contributed by atoms with Gasteiger partial charge in [0, 0.05) is 78.6 Å². The minimum atomic E-state index is -0.870. The van der Waals surface area contributed by atoms with E-state index < -0.39 is 36.2 Å². The minimum absolute atomic E-state index is 0.00958. The number of fused-ring (bicyclic) bond motifs is 4. The number of alkyl halides is 1. The molecule has 3 heterocycles. The molecule has 1 saturated heterocycles. The molecule has 2 aliphatic heterocycles. The summed E-state index contributed by atoms with van der Waals surface area (Å²) >= 11 is 3.69. The van der Waals surface area contributed by atoms with Crippen LogP contribution in [0, 0.1) is 5.92 Å². The number of alkyl carbamates (subject to hydrolysis) is 1. The third kappa shape index (κ3) is 13.3. The van der Waals surface area contributed by atoms with Crippen LogP contribution < -0.4 is 46.7 Å². The number of H-pyrrole nitrogens is 1. The molecule has 1 aromatic heterocycles. The Morgan fingerprint density at radius 1 is 0.887 bits per heavy atom. The van der Waals surface area contributed by atoms with Gasteiger partial charge in [-0.05, 0) is 85.3 Å². The van der Waals surface area contributed by atoms with Crippen molar-refractivity contribution < 1.29 is 43.0 Å². The molecule has 71 heavy (non-hydrogen) atoms. The predicted molar refractivity (Wildman–Crippen MR) is 275 cm³/mol. The van der Waals surface area contributed by atoms with Crippen LogP contribution in [0.25, 0.3) is 21.7 Å². The number of piperazine rings is 1. The number of benzene rings is 4. The maximum absolute atomic E-state index is 14.3. The summed E-state index contributed by atoms with van der Waals surface area (Å²) < 4.78 is 17.4. The van der Waals surface area contributed by atoms with Crippen LogP contribution in [-0.4, -0.2) is 134 Å². The number of amides is 7. The Bertz CT molecular complexity index is 2710. The van der Waals surface area contributed by atoms with E-state index in [2.05, 4.69) is 52.4 Å². The smallest absolute Gasteiger partial charge is 0.415 e. The van der Waals surface area contributed by atoms with E-state index in [4.69, 9.17) is 19.9 Å². The molecule has 7 rings (SSSR count). The zero-order valence-electron chi connectivity index (χ0n) is 40.5. The molecular formula is C51H63BrN10O9. The highest BCUT2D eigenvalue weighted by Gasteiger charge is 2.36. The predicted octanol–water partition coefficient (Wildman–Crippen LogP) is 6.02. The quantitative estimate of drug-likeness (QED) is 0.0351. The van der Waals surface area contributed by atoms with Crippen LogP contribution in [0.2, 0.25) is 0 Å². The molecule has 1 fully saturated rings. The van der Waals surface area contributed by atoms with Crippen LogP contribution in [0.3, 0.4) is 0 Å². The summed E-state index contributed by atoms with van der Waals surface area (Å²) in [5.74, 6) is 0.0132. The summed E-state index contributed by atoms with van der Waals surface area (Å²) in [4.78, 5) is 86.7. The van der Waals surface area contributed by atoms with Crippen LogP contribution in [0.4, 0.5) is 25.8 Å². The van der Waals surface area contributed by atoms with Gasteiger partial charge in [-0.2, -0.15) is 0 Å². The zero-order chi connectivity index (χ0) is 50.6. The fourth-order valence-electron chi connectivity index (χ4n) is 8.76. The molecule has 7 amide bonds. The second-order valence-corrected chi connectivity index (χ2v) is 18.7. The zero-order valence-corrected chi connectivity index (χ0v) is 42.1. The summed E-state index contributed by atoms with van der Waals surface area (Å²) in [6.07, 6.45) is -0.383. The number of halogens is 1. The van der Waals surface area contributed by atoms with Gasteiger partial charge in [0.1, 0.15) is 36.4 Å². The largest absolute Gasteiger partial charge is 0.492 e. The summed E-state index contributed by atoms with van der Waals surface area (Å²) in [6, 6.07) is 21.6. The SMILES string of the molecule is CCN[C@H](C(=O)N[C@@H](CCCNC(N)=O)C(=O)Nc1ccc(COC(=O)NCCOc2ccc3[nH]c(C(=O)N4C[C@@H](CBr)c5c4cc(OC(=O)N4CCN(C)CC4)c4ccccc54)cc3c2)cc1)C(C)C. The van der Waals surface area contributed by atoms with Crippen molar-refractivity contribution in [1.29, 1.82) is 0 Å². The van der Waals surface area contributed by atoms with Gasteiger partial charge in [0.2, 0.25) is 11.8 Å². The number of aromatic nitrogens is 1. The van der Waals surface area contributed by atoms with E-state index in [1.165, 1.54) is 0 Å². The third-order valence-electron chi connectivity index (χ3n) is 12.5. The number of hydrogen-bond donors (Lipinski definition) is 7. The lowest BCUT2D eigenvalue weighted by molar-refractivity contribution is -0.128. The lowest BCUT2D eigenvalue weighted by atomic mass is 9.95. The molecule has 0 aliphatic carbocycles. The molecule has 378 valence electrons. The first-order valence-corrected chi connectivity index (χ1v) is 25.1. The molecule has 19 nitrogen and oxygen atoms in total. The Morgan fingerprint density at radius 2 is 1.63 bits per heavy atom. The van der Waals surface area contributed by atoms with Crippen LogP contribution in [0.1, 0.15) is 61.1 Å². The third-order valence-corrected chi connectivity index (χ3v) is 13.3. The van der Waals surface area contributed by atoms with E-state index in [1.54, 1.807) is 46.2 Å². The number of carbonyl (C=O) groups excluding carboxylic acids is 6. The van der Waals surface area contributed by atoms with Crippen LogP contribution in [0.15, 0.2) is 78.9 Å². The van der Waals surface area contributed by atoms with Crippen molar-refractivity contribution in [3.63, 3.8) is 0 Å². The summed E-state index contributed by atoms with van der Waals surface area (Å²) in [5.41, 5.74) is 9.19. The molecule has 8 N–H and O–H groups in total. The Morgan fingerprint density at radius 3 is 2.34 bits per heavy atom. The van der Waals surface area contributed by atoms with Gasteiger partial charge >= 0.3 is 18.2 Å². The lowest BCUT2D eigenvalue weighted by Gasteiger charge is -2.31. The summed E-state index contributed by atoms with van der Waals surface area (Å²) in [7, 11) is 2.03. The molecule has 0 bridgehead atoms. The molecule has 2 aliphatic rings. The van der Waals surface area contributed by atoms with Gasteiger partial charge in [-0.25, -0.2) is 14.4 Å². The maximum Gasteiger partial charge on any atom is 0.415 e. The highest BCUT2D eigenvalue weighted by molar-refractivity contribution is 9.09. The number of nitrogens with zero attached hydrogens (tertiary/aromatic N) is 3. The maximum atomic E-state index is 14.3. The Balaban J connectivity index is 0.897. The molecule has 0 unspecified atom stereocenters. The van der Waals surface area contributed by atoms with Gasteiger partial charge in [0.05, 0.1) is 18.3 Å². The van der Waals surface area contributed by atoms with Gasteiger partial charge in [-0.1, -0.05) is 73.1 Å². The monoisotopic (exact) mass is 1040 g/mol. The van der Waals surface area contributed by atoms with Crippen molar-refractivity contribution in [1.82, 2.24) is 36.1 Å². The van der Waals surface area contributed by atoms with E-state index >= 15 is 0 Å². The molecule has 20 heteroatoms. The van der Waals surface area contributed by atoms with Crippen molar-refractivity contribution in [2.75, 3.05) is 81.6 Å². The molecule has 0 spiro atoms. The van der Waals surface area contributed by atoms with Crippen LogP contribution >= 0.6 is 15.9 Å². The fourth-order valence-corrected chi connectivity index (χ4v) is 9.29. The number of rotatable bonds is 20. The molecule has 0 saturated carbocycles. The summed E-state index contributed by atoms with van der Waals surface area (Å²) in [5, 5.41) is 17.2. The van der Waals surface area contributed by atoms with Gasteiger partial charge < -0.3 is 66.2 Å². The number of carbonyl (C=O) groups is 6. The van der Waals surface area contributed by atoms with E-state index in [1.807, 2.05) is 70.3 Å². The number of aromatic amines is 1. The molecule has 0 radical (unpaired) electrons. The van der Waals surface area contributed by atoms with Crippen molar-refractivity contribution in [3.05, 3.63) is 95.7 Å². The first-order chi connectivity index (χ1) is 34.2. The number of hydrogen-bond acceptors (Lipinski definition) is 11. The first kappa shape index (κ1) is 51.9. The average Bonchev–Trinajstić information content (AvgIpc) is 3.96. The van der Waals surface area contributed by atoms with Crippen LogP contribution in [0.5, 0.6) is 11.5 Å². The number of nitrogens with two attached hydrogens (primary N) is 1. The highest BCUT2D eigenvalue weighted by atomic mass is 79.9. The molecule has 5 aromatic rings. The van der Waals surface area contributed by atoms with Crippen molar-refractivity contribution in [3.8, 4) is 11.5 Å². The first-order valence-electron chi connectivity index (χ1n) is 23.9. The average molecular weight is 1040 g/mol. The van der Waals surface area contributed by atoms with Gasteiger partial charge in [-0.3, -0.25) is 14.4 Å². The standard InChI is InChI=1S/C51H63BrN10O9/c1-5-54-45(31(2)3)47(64)59-40(11-8-18-55-49(53)66)46(63)57-35-14-12-32(13-15-35)30-70-50(67)56-19-24-69-36-16-17-39-33(25-36)26-41(58-39)48(65)62-29-34(28-52)44-38-10-7-6-9-37(38)43(27-42(44)62)71-51(68)61-22-20-60(4)21-23-61/h6-7,9-10,12-17,25-27,31,34,40,45,54,58H,5,8,11,18-24,28-30H2,1-4H3,(H,56,67)(H,57,63)(H,59,64)(H3,53,55,66)/t34-,40+,45+/m1/s1. The number of anilines is 2. The molecular weight excluding hydrogens is 977 g/mol. The number of likely N-dealkylation sites (N-methyl/N-ethyl adjacent to an activating group) is 2. The van der Waals surface area contributed by atoms with Crippen LogP contribution in [-0.2, 0) is 20.9 Å². The molecule has 3 atom stereocenters.